The lowest BCUT2D eigenvalue weighted by atomic mass is 10.0. The van der Waals surface area contributed by atoms with Crippen molar-refractivity contribution in [3.63, 3.8) is 0 Å². The van der Waals surface area contributed by atoms with E-state index < -0.39 is 20.0 Å². The number of aliphatic hydroxyl groups is 1. The number of carbonyl (C=O) groups is 1. The van der Waals surface area contributed by atoms with Gasteiger partial charge in [0, 0.05) is 6.42 Å². The van der Waals surface area contributed by atoms with Crippen molar-refractivity contribution in [2.75, 3.05) is 40.9 Å². The highest BCUT2D eigenvalue weighted by atomic mass is 31.2. The molecule has 0 aromatic rings. The third-order valence-corrected chi connectivity index (χ3v) is 13.4. The Balaban J connectivity index is 4.12. The maximum Gasteiger partial charge on any atom is 0.472 e. The number of nitrogens with one attached hydrogen (secondary N) is 1. The van der Waals surface area contributed by atoms with Crippen LogP contribution in [0.15, 0.2) is 60.8 Å². The quantitative estimate of drug-likeness (QED) is 0.0243. The second-order valence-corrected chi connectivity index (χ2v) is 21.7. The summed E-state index contributed by atoms with van der Waals surface area (Å²) in [6.07, 6.45) is 66.2. The van der Waals surface area contributed by atoms with Crippen LogP contribution in [0.2, 0.25) is 0 Å². The normalized spacial score (nSPS) is 14.4. The van der Waals surface area contributed by atoms with Crippen molar-refractivity contribution in [3.8, 4) is 0 Å². The maximum absolute atomic E-state index is 12.9. The first-order valence-corrected chi connectivity index (χ1v) is 29.7. The molecule has 0 aromatic carbocycles. The van der Waals surface area contributed by atoms with E-state index in [1.54, 1.807) is 6.08 Å². The molecule has 0 fully saturated rings. The number of quaternary nitrogens is 1. The molecule has 0 radical (unpaired) electrons. The van der Waals surface area contributed by atoms with E-state index >= 15 is 0 Å². The van der Waals surface area contributed by atoms with E-state index in [9.17, 15) is 19.4 Å². The zero-order chi connectivity index (χ0) is 49.2. The van der Waals surface area contributed by atoms with Crippen LogP contribution in [-0.4, -0.2) is 73.4 Å². The van der Waals surface area contributed by atoms with Gasteiger partial charge in [-0.05, 0) is 77.0 Å². The Labute approximate surface area is 415 Å². The fraction of sp³-hybridized carbons (Fsp3) is 0.810. The summed E-state index contributed by atoms with van der Waals surface area (Å²) in [5, 5.41) is 13.9. The molecule has 3 unspecified atom stereocenters. The Morgan fingerprint density at radius 2 is 0.866 bits per heavy atom. The molecule has 0 bridgehead atoms. The van der Waals surface area contributed by atoms with Crippen molar-refractivity contribution in [3.05, 3.63) is 60.8 Å². The molecule has 0 spiro atoms. The Bertz CT molecular complexity index is 1270. The number of amides is 1. The third kappa shape index (κ3) is 51.9. The van der Waals surface area contributed by atoms with Crippen LogP contribution in [0, 0.1) is 0 Å². The van der Waals surface area contributed by atoms with Crippen molar-refractivity contribution >= 4 is 13.7 Å². The number of unbranched alkanes of at least 4 members (excludes halogenated alkanes) is 30. The van der Waals surface area contributed by atoms with Gasteiger partial charge < -0.3 is 19.8 Å². The number of hydrogen-bond acceptors (Lipinski definition) is 5. The van der Waals surface area contributed by atoms with Crippen molar-refractivity contribution in [1.29, 1.82) is 0 Å². The van der Waals surface area contributed by atoms with Gasteiger partial charge in [0.25, 0.3) is 0 Å². The predicted octanol–water partition coefficient (Wildman–Crippen LogP) is 16.9. The van der Waals surface area contributed by atoms with Gasteiger partial charge in [-0.1, -0.05) is 229 Å². The minimum atomic E-state index is -4.36. The van der Waals surface area contributed by atoms with Crippen LogP contribution < -0.4 is 5.32 Å². The maximum atomic E-state index is 12.9. The number of aliphatic hydroxyl groups excluding tert-OH is 1. The Morgan fingerprint density at radius 3 is 1.30 bits per heavy atom. The van der Waals surface area contributed by atoms with Crippen LogP contribution >= 0.6 is 7.82 Å². The van der Waals surface area contributed by atoms with Gasteiger partial charge in [0.15, 0.2) is 0 Å². The molecule has 9 heteroatoms. The molecule has 67 heavy (non-hydrogen) atoms. The summed E-state index contributed by atoms with van der Waals surface area (Å²) < 4.78 is 23.6. The lowest BCUT2D eigenvalue weighted by Gasteiger charge is -2.25. The second kappa shape index (κ2) is 49.2. The van der Waals surface area contributed by atoms with Crippen LogP contribution in [0.25, 0.3) is 0 Å². The number of likely N-dealkylation sites (N-methyl/N-ethyl adjacent to an activating group) is 1. The molecule has 3 N–H and O–H groups in total. The molecule has 392 valence electrons. The van der Waals surface area contributed by atoms with E-state index in [0.717, 1.165) is 51.4 Å². The molecule has 0 aliphatic heterocycles. The van der Waals surface area contributed by atoms with Crippen LogP contribution in [-0.2, 0) is 18.4 Å². The summed E-state index contributed by atoms with van der Waals surface area (Å²) in [4.78, 5) is 23.2. The Hall–Kier alpha value is -1.80. The lowest BCUT2D eigenvalue weighted by molar-refractivity contribution is -0.870. The molecule has 0 aromatic heterocycles. The van der Waals surface area contributed by atoms with Crippen molar-refractivity contribution in [2.45, 2.75) is 264 Å². The Morgan fingerprint density at radius 1 is 0.507 bits per heavy atom. The molecule has 0 saturated heterocycles. The fourth-order valence-corrected chi connectivity index (χ4v) is 8.72. The number of carbonyl (C=O) groups excluding carboxylic acids is 1. The zero-order valence-electron chi connectivity index (χ0n) is 44.6. The van der Waals surface area contributed by atoms with Gasteiger partial charge in [0.1, 0.15) is 13.2 Å². The molecule has 0 aliphatic carbocycles. The molecule has 0 rings (SSSR count). The standard InChI is InChI=1S/C58H109N2O6P/c1-6-8-10-12-14-16-18-20-22-23-24-25-26-27-28-29-30-31-32-33-34-35-36-37-38-40-42-44-46-48-50-52-58(62)59-56(55-66-67(63,64)65-54-53-60(3,4)5)57(61)51-49-47-45-43-41-39-21-19-17-15-13-11-9-7-2/h17,19,24-25,27-28,41,43,49,51,56-57,61H,6-16,18,20-23,26,29-40,42,44-48,50,52-55H2,1-5H3,(H-,59,62,63,64)/p+1/b19-17+,25-24-,28-27-,43-41+,51-49+. The number of phosphoric acid groups is 1. The van der Waals surface area contributed by atoms with Crippen LogP contribution in [0.1, 0.15) is 251 Å². The number of nitrogens with zero attached hydrogens (tertiary/aromatic N) is 1. The monoisotopic (exact) mass is 962 g/mol. The fourth-order valence-electron chi connectivity index (χ4n) is 7.99. The number of hydrogen-bond donors (Lipinski definition) is 3. The van der Waals surface area contributed by atoms with Gasteiger partial charge in [0.05, 0.1) is 39.9 Å². The summed E-state index contributed by atoms with van der Waals surface area (Å²) >= 11 is 0. The highest BCUT2D eigenvalue weighted by molar-refractivity contribution is 7.47. The molecular formula is C58H110N2O6P+. The SMILES string of the molecule is CCCCCC/C=C/CC/C=C/CC/C=C/C(O)C(COP(=O)(O)OCC[N+](C)(C)C)NC(=O)CCCCCCCCCCCCCCCCC/C=C\C/C=C\CCCCCCCCCCC. The number of phosphoric ester groups is 1. The largest absolute Gasteiger partial charge is 0.472 e. The van der Waals surface area contributed by atoms with Crippen molar-refractivity contribution < 1.29 is 32.9 Å². The van der Waals surface area contributed by atoms with E-state index in [-0.39, 0.29) is 19.1 Å². The molecule has 8 nitrogen and oxygen atoms in total. The minimum absolute atomic E-state index is 0.0523. The first-order valence-electron chi connectivity index (χ1n) is 28.2. The molecule has 0 aliphatic rings. The molecule has 0 heterocycles. The first-order chi connectivity index (χ1) is 32.5. The predicted molar refractivity (Wildman–Crippen MR) is 290 cm³/mol. The Kier molecular flexibility index (Phi) is 47.9. The average Bonchev–Trinajstić information content (AvgIpc) is 3.29. The van der Waals surface area contributed by atoms with Gasteiger partial charge in [-0.2, -0.15) is 0 Å². The zero-order valence-corrected chi connectivity index (χ0v) is 45.5. The molecule has 3 atom stereocenters. The van der Waals surface area contributed by atoms with E-state index in [0.29, 0.717) is 17.4 Å². The number of allylic oxidation sites excluding steroid dienone is 9. The van der Waals surface area contributed by atoms with Gasteiger partial charge in [-0.15, -0.1) is 0 Å². The van der Waals surface area contributed by atoms with E-state index in [1.807, 2.05) is 27.2 Å². The van der Waals surface area contributed by atoms with Gasteiger partial charge in [-0.25, -0.2) is 4.57 Å². The van der Waals surface area contributed by atoms with Gasteiger partial charge in [0.2, 0.25) is 5.91 Å². The summed E-state index contributed by atoms with van der Waals surface area (Å²) in [6.45, 7) is 4.77. The van der Waals surface area contributed by atoms with Gasteiger partial charge in [-0.3, -0.25) is 13.8 Å². The lowest BCUT2D eigenvalue weighted by Crippen LogP contribution is -2.45. The van der Waals surface area contributed by atoms with Crippen LogP contribution in [0.5, 0.6) is 0 Å². The molecule has 1 amide bonds. The summed E-state index contributed by atoms with van der Waals surface area (Å²) in [5.74, 6) is -0.192. The van der Waals surface area contributed by atoms with E-state index in [2.05, 4.69) is 67.8 Å². The molecule has 0 saturated carbocycles. The van der Waals surface area contributed by atoms with Gasteiger partial charge >= 0.3 is 7.82 Å². The van der Waals surface area contributed by atoms with Crippen molar-refractivity contribution in [2.24, 2.45) is 0 Å². The van der Waals surface area contributed by atoms with E-state index in [1.165, 1.54) is 180 Å². The topological polar surface area (TPSA) is 105 Å². The van der Waals surface area contributed by atoms with Crippen LogP contribution in [0.3, 0.4) is 0 Å². The first kappa shape index (κ1) is 65.2. The van der Waals surface area contributed by atoms with Crippen molar-refractivity contribution in [1.82, 2.24) is 5.32 Å². The minimum Gasteiger partial charge on any atom is -0.387 e. The average molecular weight is 962 g/mol. The van der Waals surface area contributed by atoms with Crippen LogP contribution in [0.4, 0.5) is 0 Å². The highest BCUT2D eigenvalue weighted by Gasteiger charge is 2.27. The van der Waals surface area contributed by atoms with E-state index in [4.69, 9.17) is 9.05 Å². The second-order valence-electron chi connectivity index (χ2n) is 20.3. The highest BCUT2D eigenvalue weighted by Crippen LogP contribution is 2.43. The number of rotatable bonds is 51. The summed E-state index contributed by atoms with van der Waals surface area (Å²) in [7, 11) is 1.54. The summed E-state index contributed by atoms with van der Waals surface area (Å²) in [5.41, 5.74) is 0. The third-order valence-electron chi connectivity index (χ3n) is 12.4. The molecular weight excluding hydrogens is 852 g/mol. The summed E-state index contributed by atoms with van der Waals surface area (Å²) in [6, 6.07) is -0.871. The smallest absolute Gasteiger partial charge is 0.387 e.